The number of halogens is 1. The van der Waals surface area contributed by atoms with E-state index < -0.39 is 0 Å². The number of hydrogen-bond donors (Lipinski definition) is 1. The number of hydrogen-bond acceptors (Lipinski definition) is 2. The van der Waals surface area contributed by atoms with Crippen LogP contribution in [0.1, 0.15) is 12.1 Å². The first kappa shape index (κ1) is 8.63. The summed E-state index contributed by atoms with van der Waals surface area (Å²) in [6.45, 7) is 2.17. The van der Waals surface area contributed by atoms with Crippen molar-refractivity contribution in [3.63, 3.8) is 0 Å². The molecule has 1 aliphatic rings. The Morgan fingerprint density at radius 2 is 2.46 bits per heavy atom. The summed E-state index contributed by atoms with van der Waals surface area (Å²) in [5, 5.41) is 3.30. The van der Waals surface area contributed by atoms with E-state index in [4.69, 9.17) is 0 Å². The minimum absolute atomic E-state index is 0.256. The molecule has 70 valence electrons. The van der Waals surface area contributed by atoms with Crippen molar-refractivity contribution in [3.8, 4) is 0 Å². The van der Waals surface area contributed by atoms with Crippen molar-refractivity contribution >= 4 is 0 Å². The molecule has 1 atom stereocenters. The van der Waals surface area contributed by atoms with Gasteiger partial charge in [-0.15, -0.1) is 0 Å². The summed E-state index contributed by atoms with van der Waals surface area (Å²) in [6, 6.07) is 3.25. The molecule has 2 heterocycles. The minimum atomic E-state index is -0.256. The van der Waals surface area contributed by atoms with Gasteiger partial charge in [0.05, 0.1) is 6.20 Å². The average molecular weight is 180 g/mol. The van der Waals surface area contributed by atoms with Gasteiger partial charge in [-0.05, 0) is 44.0 Å². The van der Waals surface area contributed by atoms with Gasteiger partial charge in [-0.3, -0.25) is 4.98 Å². The fraction of sp³-hybridized carbons (Fsp3) is 0.500. The van der Waals surface area contributed by atoms with Crippen molar-refractivity contribution in [2.24, 2.45) is 5.92 Å². The van der Waals surface area contributed by atoms with Crippen LogP contribution in [0.15, 0.2) is 18.3 Å². The molecule has 1 saturated heterocycles. The molecule has 0 aliphatic carbocycles. The largest absolute Gasteiger partial charge is 0.316 e. The van der Waals surface area contributed by atoms with Crippen LogP contribution in [0.4, 0.5) is 4.39 Å². The maximum absolute atomic E-state index is 12.5. The van der Waals surface area contributed by atoms with E-state index in [1.54, 1.807) is 6.07 Å². The molecular weight excluding hydrogens is 167 g/mol. The molecule has 1 fully saturated rings. The number of pyridine rings is 1. The van der Waals surface area contributed by atoms with Gasteiger partial charge in [0.2, 0.25) is 0 Å². The quantitative estimate of drug-likeness (QED) is 0.743. The maximum atomic E-state index is 12.5. The highest BCUT2D eigenvalue weighted by Crippen LogP contribution is 2.13. The Balaban J connectivity index is 1.97. The Morgan fingerprint density at radius 1 is 1.54 bits per heavy atom. The SMILES string of the molecule is Fc1ccc(C[C@H]2CCNC2)nc1. The lowest BCUT2D eigenvalue weighted by Crippen LogP contribution is -2.11. The molecule has 0 radical (unpaired) electrons. The van der Waals surface area contributed by atoms with Crippen LogP contribution in [0.25, 0.3) is 0 Å². The summed E-state index contributed by atoms with van der Waals surface area (Å²) >= 11 is 0. The van der Waals surface area contributed by atoms with Crippen molar-refractivity contribution in [1.29, 1.82) is 0 Å². The molecule has 0 aromatic carbocycles. The molecule has 0 amide bonds. The first-order valence-electron chi connectivity index (χ1n) is 4.66. The second-order valence-electron chi connectivity index (χ2n) is 3.53. The van der Waals surface area contributed by atoms with Crippen LogP contribution in [-0.2, 0) is 6.42 Å². The highest BCUT2D eigenvalue weighted by atomic mass is 19.1. The molecule has 1 N–H and O–H groups in total. The van der Waals surface area contributed by atoms with E-state index in [1.807, 2.05) is 0 Å². The van der Waals surface area contributed by atoms with Gasteiger partial charge >= 0.3 is 0 Å². The van der Waals surface area contributed by atoms with Gasteiger partial charge in [0.25, 0.3) is 0 Å². The Labute approximate surface area is 77.2 Å². The summed E-state index contributed by atoms with van der Waals surface area (Å²) in [5.74, 6) is 0.422. The molecule has 0 spiro atoms. The van der Waals surface area contributed by atoms with E-state index in [0.29, 0.717) is 5.92 Å². The molecule has 0 unspecified atom stereocenters. The van der Waals surface area contributed by atoms with Crippen LogP contribution in [-0.4, -0.2) is 18.1 Å². The minimum Gasteiger partial charge on any atom is -0.316 e. The third-order valence-electron chi connectivity index (χ3n) is 2.45. The normalized spacial score (nSPS) is 22.1. The highest BCUT2D eigenvalue weighted by Gasteiger charge is 2.15. The summed E-state index contributed by atoms with van der Waals surface area (Å²) in [7, 11) is 0. The average Bonchev–Trinajstić information content (AvgIpc) is 2.62. The zero-order chi connectivity index (χ0) is 9.10. The van der Waals surface area contributed by atoms with E-state index in [0.717, 1.165) is 25.2 Å². The molecule has 0 bridgehead atoms. The Morgan fingerprint density at radius 3 is 3.08 bits per heavy atom. The Hall–Kier alpha value is -0.960. The second kappa shape index (κ2) is 3.83. The zero-order valence-electron chi connectivity index (χ0n) is 7.46. The van der Waals surface area contributed by atoms with Gasteiger partial charge in [-0.2, -0.15) is 0 Å². The predicted octanol–water partition coefficient (Wildman–Crippen LogP) is 1.37. The maximum Gasteiger partial charge on any atom is 0.141 e. The molecule has 0 saturated carbocycles. The van der Waals surface area contributed by atoms with Crippen LogP contribution in [0, 0.1) is 11.7 Å². The van der Waals surface area contributed by atoms with Gasteiger partial charge < -0.3 is 5.32 Å². The van der Waals surface area contributed by atoms with E-state index in [-0.39, 0.29) is 5.82 Å². The zero-order valence-corrected chi connectivity index (χ0v) is 7.46. The number of aromatic nitrogens is 1. The van der Waals surface area contributed by atoms with Crippen molar-refractivity contribution in [2.75, 3.05) is 13.1 Å². The van der Waals surface area contributed by atoms with Gasteiger partial charge in [0, 0.05) is 5.69 Å². The van der Waals surface area contributed by atoms with Gasteiger partial charge in [0.1, 0.15) is 5.82 Å². The fourth-order valence-corrected chi connectivity index (χ4v) is 1.71. The monoisotopic (exact) mass is 180 g/mol. The van der Waals surface area contributed by atoms with Crippen LogP contribution < -0.4 is 5.32 Å². The Bertz CT molecular complexity index is 265. The van der Waals surface area contributed by atoms with E-state index >= 15 is 0 Å². The van der Waals surface area contributed by atoms with Gasteiger partial charge in [-0.1, -0.05) is 0 Å². The summed E-state index contributed by atoms with van der Waals surface area (Å²) < 4.78 is 12.5. The molecule has 2 nitrogen and oxygen atoms in total. The lowest BCUT2D eigenvalue weighted by atomic mass is 10.0. The van der Waals surface area contributed by atoms with Crippen LogP contribution in [0.3, 0.4) is 0 Å². The van der Waals surface area contributed by atoms with Crippen LogP contribution in [0.5, 0.6) is 0 Å². The van der Waals surface area contributed by atoms with Crippen molar-refractivity contribution < 1.29 is 4.39 Å². The first-order valence-corrected chi connectivity index (χ1v) is 4.66. The molecule has 1 aromatic heterocycles. The molecule has 13 heavy (non-hydrogen) atoms. The number of rotatable bonds is 2. The van der Waals surface area contributed by atoms with E-state index in [2.05, 4.69) is 10.3 Å². The summed E-state index contributed by atoms with van der Waals surface area (Å²) in [4.78, 5) is 4.04. The van der Waals surface area contributed by atoms with Crippen molar-refractivity contribution in [3.05, 3.63) is 29.8 Å². The molecule has 3 heteroatoms. The van der Waals surface area contributed by atoms with Crippen molar-refractivity contribution in [1.82, 2.24) is 10.3 Å². The predicted molar refractivity (Wildman–Crippen MR) is 48.9 cm³/mol. The highest BCUT2D eigenvalue weighted by molar-refractivity contribution is 5.06. The van der Waals surface area contributed by atoms with Gasteiger partial charge in [0.15, 0.2) is 0 Å². The lowest BCUT2D eigenvalue weighted by Gasteiger charge is -2.06. The fourth-order valence-electron chi connectivity index (χ4n) is 1.71. The third-order valence-corrected chi connectivity index (χ3v) is 2.45. The summed E-state index contributed by atoms with van der Waals surface area (Å²) in [6.07, 6.45) is 3.46. The first-order chi connectivity index (χ1) is 6.34. The Kier molecular flexibility index (Phi) is 2.54. The van der Waals surface area contributed by atoms with Gasteiger partial charge in [-0.25, -0.2) is 4.39 Å². The van der Waals surface area contributed by atoms with Crippen molar-refractivity contribution in [2.45, 2.75) is 12.8 Å². The van der Waals surface area contributed by atoms with Crippen LogP contribution in [0.2, 0.25) is 0 Å². The smallest absolute Gasteiger partial charge is 0.141 e. The van der Waals surface area contributed by atoms with E-state index in [1.165, 1.54) is 18.7 Å². The lowest BCUT2D eigenvalue weighted by molar-refractivity contribution is 0.566. The molecule has 1 aromatic rings. The van der Waals surface area contributed by atoms with E-state index in [9.17, 15) is 4.39 Å². The standard InChI is InChI=1S/C10H13FN2/c11-9-1-2-10(13-7-9)5-8-3-4-12-6-8/h1-2,7-8,12H,3-6H2/t8-/m1/s1. The second-order valence-corrected chi connectivity index (χ2v) is 3.53. The number of nitrogens with one attached hydrogen (secondary N) is 1. The topological polar surface area (TPSA) is 24.9 Å². The van der Waals surface area contributed by atoms with Crippen LogP contribution >= 0.6 is 0 Å². The molecule has 1 aliphatic heterocycles. The summed E-state index contributed by atoms with van der Waals surface area (Å²) in [5.41, 5.74) is 0.995. The number of nitrogens with zero attached hydrogens (tertiary/aromatic N) is 1. The third kappa shape index (κ3) is 2.25. The molecule has 2 rings (SSSR count). The molecular formula is C10H13FN2.